The van der Waals surface area contributed by atoms with E-state index in [1.54, 1.807) is 4.68 Å². The lowest BCUT2D eigenvalue weighted by atomic mass is 9.79. The number of nitrogens with zero attached hydrogens (tertiary/aromatic N) is 4. The lowest BCUT2D eigenvalue weighted by Gasteiger charge is -2.39. The Morgan fingerprint density at radius 2 is 2.07 bits per heavy atom. The number of ether oxygens (including phenoxy) is 1. The van der Waals surface area contributed by atoms with E-state index in [0.29, 0.717) is 18.0 Å². The Labute approximate surface area is 166 Å². The summed E-state index contributed by atoms with van der Waals surface area (Å²) in [6, 6.07) is 1.99. The number of carbonyl (C=O) groups excluding carboxylic acids is 1. The second-order valence-corrected chi connectivity index (χ2v) is 8.81. The van der Waals surface area contributed by atoms with Gasteiger partial charge in [-0.25, -0.2) is 4.98 Å². The van der Waals surface area contributed by atoms with Crippen LogP contribution in [0.3, 0.4) is 0 Å². The number of nitrogens with one attached hydrogen (secondary N) is 1. The van der Waals surface area contributed by atoms with E-state index in [-0.39, 0.29) is 11.3 Å². The van der Waals surface area contributed by atoms with Crippen LogP contribution < -0.4 is 5.32 Å². The van der Waals surface area contributed by atoms with Crippen LogP contribution in [0.4, 0.5) is 0 Å². The quantitative estimate of drug-likeness (QED) is 0.826. The molecule has 152 valence electrons. The van der Waals surface area contributed by atoms with Crippen molar-refractivity contribution < 1.29 is 9.53 Å². The molecule has 1 saturated heterocycles. The van der Waals surface area contributed by atoms with E-state index in [0.717, 1.165) is 67.9 Å². The van der Waals surface area contributed by atoms with Crippen LogP contribution in [0.15, 0.2) is 6.07 Å². The summed E-state index contributed by atoms with van der Waals surface area (Å²) in [7, 11) is 6.08. The van der Waals surface area contributed by atoms with Crippen molar-refractivity contribution in [1.82, 2.24) is 25.0 Å². The third-order valence-corrected chi connectivity index (χ3v) is 6.06. The number of aromatic nitrogens is 3. The SMILES string of the molecule is Cc1nn(C)c2nc(C3CC3)cc(C(=O)NCC3(CN(C)C)CCOCC3)c12. The molecular weight excluding hydrogens is 354 g/mol. The van der Waals surface area contributed by atoms with Gasteiger partial charge in [-0.1, -0.05) is 0 Å². The van der Waals surface area contributed by atoms with Crippen LogP contribution in [0.2, 0.25) is 0 Å². The molecule has 7 heteroatoms. The van der Waals surface area contributed by atoms with Gasteiger partial charge in [-0.15, -0.1) is 0 Å². The number of hydrogen-bond acceptors (Lipinski definition) is 5. The summed E-state index contributed by atoms with van der Waals surface area (Å²) >= 11 is 0. The monoisotopic (exact) mass is 385 g/mol. The number of amides is 1. The van der Waals surface area contributed by atoms with E-state index < -0.39 is 0 Å². The smallest absolute Gasteiger partial charge is 0.252 e. The Morgan fingerprint density at radius 3 is 2.71 bits per heavy atom. The van der Waals surface area contributed by atoms with Gasteiger partial charge in [0.1, 0.15) is 0 Å². The highest BCUT2D eigenvalue weighted by molar-refractivity contribution is 6.06. The molecular formula is C21H31N5O2. The minimum absolute atomic E-state index is 0.0185. The lowest BCUT2D eigenvalue weighted by molar-refractivity contribution is 0.00286. The van der Waals surface area contributed by atoms with Crippen molar-refractivity contribution >= 4 is 16.9 Å². The molecule has 1 aliphatic heterocycles. The van der Waals surface area contributed by atoms with Crippen LogP contribution in [-0.2, 0) is 11.8 Å². The first-order chi connectivity index (χ1) is 13.4. The summed E-state index contributed by atoms with van der Waals surface area (Å²) in [6.45, 7) is 5.08. The molecule has 2 aromatic rings. The maximum Gasteiger partial charge on any atom is 0.252 e. The number of rotatable bonds is 6. The van der Waals surface area contributed by atoms with E-state index in [1.807, 2.05) is 20.0 Å². The fourth-order valence-corrected chi connectivity index (χ4v) is 4.46. The highest BCUT2D eigenvalue weighted by atomic mass is 16.5. The Bertz CT molecular complexity index is 879. The van der Waals surface area contributed by atoms with Crippen LogP contribution in [-0.4, -0.2) is 66.0 Å². The molecule has 2 aromatic heterocycles. The van der Waals surface area contributed by atoms with Crippen LogP contribution in [0, 0.1) is 12.3 Å². The van der Waals surface area contributed by atoms with Gasteiger partial charge in [0.15, 0.2) is 5.65 Å². The van der Waals surface area contributed by atoms with Gasteiger partial charge in [0.05, 0.1) is 16.6 Å². The van der Waals surface area contributed by atoms with Crippen molar-refractivity contribution in [3.63, 3.8) is 0 Å². The molecule has 1 saturated carbocycles. The van der Waals surface area contributed by atoms with Gasteiger partial charge in [-0.2, -0.15) is 5.10 Å². The Kier molecular flexibility index (Phi) is 5.14. The summed E-state index contributed by atoms with van der Waals surface area (Å²) in [6.07, 6.45) is 4.25. The van der Waals surface area contributed by atoms with Crippen molar-refractivity contribution in [3.8, 4) is 0 Å². The number of carbonyl (C=O) groups is 1. The van der Waals surface area contributed by atoms with Crippen LogP contribution in [0.5, 0.6) is 0 Å². The van der Waals surface area contributed by atoms with Gasteiger partial charge >= 0.3 is 0 Å². The maximum absolute atomic E-state index is 13.3. The van der Waals surface area contributed by atoms with Crippen molar-refractivity contribution in [2.45, 2.75) is 38.5 Å². The van der Waals surface area contributed by atoms with Crippen molar-refractivity contribution in [2.75, 3.05) is 40.4 Å². The third kappa shape index (κ3) is 3.78. The molecule has 0 spiro atoms. The van der Waals surface area contributed by atoms with Crippen LogP contribution in [0.1, 0.15) is 53.3 Å². The lowest BCUT2D eigenvalue weighted by Crippen LogP contribution is -2.47. The van der Waals surface area contributed by atoms with E-state index >= 15 is 0 Å². The van der Waals surface area contributed by atoms with E-state index in [2.05, 4.69) is 29.4 Å². The zero-order valence-electron chi connectivity index (χ0n) is 17.4. The highest BCUT2D eigenvalue weighted by Gasteiger charge is 2.34. The minimum atomic E-state index is -0.0185. The number of pyridine rings is 1. The summed E-state index contributed by atoms with van der Waals surface area (Å²) in [5, 5.41) is 8.63. The second-order valence-electron chi connectivity index (χ2n) is 8.81. The first-order valence-corrected chi connectivity index (χ1v) is 10.2. The Morgan fingerprint density at radius 1 is 1.36 bits per heavy atom. The van der Waals surface area contributed by atoms with Crippen molar-refractivity contribution in [3.05, 3.63) is 23.0 Å². The molecule has 3 heterocycles. The molecule has 2 aliphatic rings. The third-order valence-electron chi connectivity index (χ3n) is 6.06. The zero-order chi connectivity index (χ0) is 19.9. The number of aryl methyl sites for hydroxylation is 2. The molecule has 0 unspecified atom stereocenters. The topological polar surface area (TPSA) is 72.3 Å². The van der Waals surface area contributed by atoms with E-state index in [4.69, 9.17) is 9.72 Å². The molecule has 2 fully saturated rings. The fraction of sp³-hybridized carbons (Fsp3) is 0.667. The van der Waals surface area contributed by atoms with Gasteiger partial charge in [0.2, 0.25) is 0 Å². The summed E-state index contributed by atoms with van der Waals surface area (Å²) < 4.78 is 7.36. The molecule has 4 rings (SSSR count). The Balaban J connectivity index is 1.61. The summed E-state index contributed by atoms with van der Waals surface area (Å²) in [5.74, 6) is 0.469. The largest absolute Gasteiger partial charge is 0.381 e. The number of hydrogen-bond donors (Lipinski definition) is 1. The first kappa shape index (κ1) is 19.3. The predicted octanol–water partition coefficient (Wildman–Crippen LogP) is 2.24. The minimum Gasteiger partial charge on any atom is -0.381 e. The molecule has 1 amide bonds. The van der Waals surface area contributed by atoms with Gasteiger partial charge in [-0.05, 0) is 52.8 Å². The Hall–Kier alpha value is -1.99. The van der Waals surface area contributed by atoms with E-state index in [9.17, 15) is 4.79 Å². The molecule has 1 aliphatic carbocycles. The average molecular weight is 386 g/mol. The summed E-state index contributed by atoms with van der Waals surface area (Å²) in [5.41, 5.74) is 3.46. The molecule has 0 aromatic carbocycles. The maximum atomic E-state index is 13.3. The number of fused-ring (bicyclic) bond motifs is 1. The molecule has 0 radical (unpaired) electrons. The molecule has 7 nitrogen and oxygen atoms in total. The van der Waals surface area contributed by atoms with Gasteiger partial charge in [-0.3, -0.25) is 9.48 Å². The predicted molar refractivity (Wildman–Crippen MR) is 109 cm³/mol. The van der Waals surface area contributed by atoms with Gasteiger partial charge in [0, 0.05) is 50.4 Å². The van der Waals surface area contributed by atoms with Crippen LogP contribution >= 0.6 is 0 Å². The average Bonchev–Trinajstić information content (AvgIpc) is 3.46. The molecule has 0 bridgehead atoms. The molecule has 1 N–H and O–H groups in total. The standard InChI is InChI=1S/C21H31N5O2/c1-14-18-16(11-17(15-5-6-15)23-19(18)26(4)24-14)20(27)22-12-21(13-25(2)3)7-9-28-10-8-21/h11,15H,5-10,12-13H2,1-4H3,(H,22,27). The summed E-state index contributed by atoms with van der Waals surface area (Å²) in [4.78, 5) is 20.3. The molecule has 28 heavy (non-hydrogen) atoms. The fourth-order valence-electron chi connectivity index (χ4n) is 4.46. The van der Waals surface area contributed by atoms with Crippen LogP contribution in [0.25, 0.3) is 11.0 Å². The molecule has 0 atom stereocenters. The normalized spacial score (nSPS) is 19.3. The van der Waals surface area contributed by atoms with Crippen molar-refractivity contribution in [1.29, 1.82) is 0 Å². The zero-order valence-corrected chi connectivity index (χ0v) is 17.4. The highest BCUT2D eigenvalue weighted by Crippen LogP contribution is 2.40. The van der Waals surface area contributed by atoms with Gasteiger partial charge < -0.3 is 15.0 Å². The second kappa shape index (κ2) is 7.44. The van der Waals surface area contributed by atoms with Crippen molar-refractivity contribution in [2.24, 2.45) is 12.5 Å². The van der Waals surface area contributed by atoms with Gasteiger partial charge in [0.25, 0.3) is 5.91 Å². The van der Waals surface area contributed by atoms with E-state index in [1.165, 1.54) is 0 Å². The first-order valence-electron chi connectivity index (χ1n) is 10.2.